The SMILES string of the molecule is CCN(CC)C(=O)C1=C(C)N=c2s/c(=C/c3ccc(Br)s3)c(=O)n2[C@@H]1c1ccc(Cl)cc1. The second-order valence-electron chi connectivity index (χ2n) is 7.25. The Morgan fingerprint density at radius 2 is 1.88 bits per heavy atom. The fraction of sp³-hybridized carbons (Fsp3) is 0.261. The third-order valence-electron chi connectivity index (χ3n) is 5.36. The van der Waals surface area contributed by atoms with E-state index < -0.39 is 6.04 Å². The molecule has 1 amide bonds. The Labute approximate surface area is 207 Å². The van der Waals surface area contributed by atoms with E-state index in [1.165, 1.54) is 11.3 Å². The first-order chi connectivity index (χ1) is 15.3. The van der Waals surface area contributed by atoms with Gasteiger partial charge < -0.3 is 4.90 Å². The van der Waals surface area contributed by atoms with Gasteiger partial charge in [-0.1, -0.05) is 35.1 Å². The molecular weight excluding hydrogens is 530 g/mol. The number of carbonyl (C=O) groups is 1. The molecule has 0 spiro atoms. The largest absolute Gasteiger partial charge is 0.339 e. The van der Waals surface area contributed by atoms with Gasteiger partial charge in [-0.3, -0.25) is 14.2 Å². The number of fused-ring (bicyclic) bond motifs is 1. The summed E-state index contributed by atoms with van der Waals surface area (Å²) < 4.78 is 3.23. The maximum Gasteiger partial charge on any atom is 0.271 e. The minimum Gasteiger partial charge on any atom is -0.339 e. The van der Waals surface area contributed by atoms with Crippen LogP contribution in [0.5, 0.6) is 0 Å². The number of rotatable bonds is 5. The number of thiophene rings is 1. The molecule has 0 saturated carbocycles. The molecule has 5 nitrogen and oxygen atoms in total. The number of amides is 1. The number of benzene rings is 1. The van der Waals surface area contributed by atoms with Crippen LogP contribution in [-0.4, -0.2) is 28.5 Å². The molecule has 1 aromatic carbocycles. The molecule has 0 unspecified atom stereocenters. The van der Waals surface area contributed by atoms with Gasteiger partial charge in [0.2, 0.25) is 0 Å². The zero-order chi connectivity index (χ0) is 23.0. The summed E-state index contributed by atoms with van der Waals surface area (Å²) in [5, 5.41) is 0.599. The van der Waals surface area contributed by atoms with Gasteiger partial charge >= 0.3 is 0 Å². The molecule has 0 fully saturated rings. The van der Waals surface area contributed by atoms with E-state index >= 15 is 0 Å². The van der Waals surface area contributed by atoms with E-state index in [1.54, 1.807) is 32.9 Å². The van der Waals surface area contributed by atoms with E-state index in [0.717, 1.165) is 14.2 Å². The molecule has 0 radical (unpaired) electrons. The van der Waals surface area contributed by atoms with Crippen LogP contribution in [0.3, 0.4) is 0 Å². The molecule has 2 aromatic heterocycles. The van der Waals surface area contributed by atoms with Gasteiger partial charge in [0.15, 0.2) is 4.80 Å². The predicted molar refractivity (Wildman–Crippen MR) is 135 cm³/mol. The number of aromatic nitrogens is 1. The van der Waals surface area contributed by atoms with Gasteiger partial charge in [0.05, 0.1) is 25.6 Å². The highest BCUT2D eigenvalue weighted by atomic mass is 79.9. The van der Waals surface area contributed by atoms with Crippen LogP contribution in [0.4, 0.5) is 0 Å². The molecule has 166 valence electrons. The Morgan fingerprint density at radius 3 is 2.47 bits per heavy atom. The van der Waals surface area contributed by atoms with Crippen LogP contribution in [0.1, 0.15) is 37.3 Å². The molecule has 32 heavy (non-hydrogen) atoms. The maximum absolute atomic E-state index is 13.6. The number of nitrogens with zero attached hydrogens (tertiary/aromatic N) is 3. The highest BCUT2D eigenvalue weighted by molar-refractivity contribution is 9.11. The molecule has 9 heteroatoms. The second-order valence-corrected chi connectivity index (χ2v) is 11.2. The van der Waals surface area contributed by atoms with Crippen LogP contribution < -0.4 is 14.9 Å². The lowest BCUT2D eigenvalue weighted by molar-refractivity contribution is -0.127. The summed E-state index contributed by atoms with van der Waals surface area (Å²) >= 11 is 12.5. The van der Waals surface area contributed by atoms with Crippen molar-refractivity contribution in [1.82, 2.24) is 9.47 Å². The summed E-state index contributed by atoms with van der Waals surface area (Å²) in [6, 6.07) is 10.7. The van der Waals surface area contributed by atoms with Crippen LogP contribution in [-0.2, 0) is 4.79 Å². The van der Waals surface area contributed by atoms with Crippen LogP contribution in [0.25, 0.3) is 6.08 Å². The number of hydrogen-bond acceptors (Lipinski definition) is 5. The summed E-state index contributed by atoms with van der Waals surface area (Å²) in [7, 11) is 0. The Kier molecular flexibility index (Phi) is 6.86. The van der Waals surface area contributed by atoms with Crippen molar-refractivity contribution in [2.24, 2.45) is 4.99 Å². The lowest BCUT2D eigenvalue weighted by atomic mass is 9.94. The van der Waals surface area contributed by atoms with Crippen LogP contribution >= 0.6 is 50.2 Å². The normalized spacial score (nSPS) is 16.2. The summed E-state index contributed by atoms with van der Waals surface area (Å²) in [5.41, 5.74) is 1.82. The van der Waals surface area contributed by atoms with E-state index in [-0.39, 0.29) is 11.5 Å². The van der Waals surface area contributed by atoms with Crippen molar-refractivity contribution in [2.45, 2.75) is 26.8 Å². The summed E-state index contributed by atoms with van der Waals surface area (Å²) in [5.74, 6) is -0.104. The first-order valence-corrected chi connectivity index (χ1v) is 13.0. The second kappa shape index (κ2) is 9.47. The molecule has 3 heterocycles. The number of likely N-dealkylation sites (N-methyl/N-ethyl adjacent to an activating group) is 1. The molecule has 1 aliphatic rings. The van der Waals surface area contributed by atoms with E-state index in [0.29, 0.717) is 38.7 Å². The predicted octanol–water partition coefficient (Wildman–Crippen LogP) is 4.58. The lowest BCUT2D eigenvalue weighted by Crippen LogP contribution is -2.43. The van der Waals surface area contributed by atoms with Crippen molar-refractivity contribution >= 4 is 62.2 Å². The van der Waals surface area contributed by atoms with Gasteiger partial charge in [-0.05, 0) is 72.6 Å². The number of carbonyl (C=O) groups excluding carboxylic acids is 1. The first-order valence-electron chi connectivity index (χ1n) is 10.2. The summed E-state index contributed by atoms with van der Waals surface area (Å²) in [6.07, 6.45) is 1.88. The quantitative estimate of drug-likeness (QED) is 0.467. The third kappa shape index (κ3) is 4.29. The van der Waals surface area contributed by atoms with E-state index in [1.807, 2.05) is 51.1 Å². The number of halogens is 2. The van der Waals surface area contributed by atoms with Gasteiger partial charge in [-0.25, -0.2) is 4.99 Å². The van der Waals surface area contributed by atoms with Crippen molar-refractivity contribution in [3.63, 3.8) is 0 Å². The zero-order valence-corrected chi connectivity index (χ0v) is 21.7. The molecule has 0 N–H and O–H groups in total. The molecular formula is C23H21BrClN3O2S2. The average Bonchev–Trinajstić information content (AvgIpc) is 3.31. The summed E-state index contributed by atoms with van der Waals surface area (Å²) in [4.78, 5) is 35.1. The molecule has 0 bridgehead atoms. The average molecular weight is 551 g/mol. The molecule has 0 aliphatic carbocycles. The standard InChI is InChI=1S/C23H21BrClN3O2S2/c1-4-27(5-2)22(30)19-13(3)26-23-28(20(19)14-6-8-15(25)9-7-14)21(29)17(32-23)12-16-10-11-18(24)31-16/h6-12,20H,4-5H2,1-3H3/b17-12+/t20-/m1/s1. The minimum absolute atomic E-state index is 0.104. The highest BCUT2D eigenvalue weighted by Gasteiger charge is 2.34. The third-order valence-corrected chi connectivity index (χ3v) is 8.16. The van der Waals surface area contributed by atoms with Gasteiger partial charge in [0, 0.05) is 23.0 Å². The zero-order valence-electron chi connectivity index (χ0n) is 17.8. The number of hydrogen-bond donors (Lipinski definition) is 0. The van der Waals surface area contributed by atoms with Crippen LogP contribution in [0.2, 0.25) is 5.02 Å². The molecule has 4 rings (SSSR count). The van der Waals surface area contributed by atoms with Gasteiger partial charge in [-0.2, -0.15) is 0 Å². The number of thiazole rings is 1. The topological polar surface area (TPSA) is 54.7 Å². The fourth-order valence-corrected chi connectivity index (χ4v) is 6.38. The molecule has 1 aliphatic heterocycles. The Bertz CT molecular complexity index is 1380. The highest BCUT2D eigenvalue weighted by Crippen LogP contribution is 2.32. The van der Waals surface area contributed by atoms with Crippen molar-refractivity contribution in [1.29, 1.82) is 0 Å². The Balaban J connectivity index is 1.96. The van der Waals surface area contributed by atoms with Crippen molar-refractivity contribution in [3.05, 3.63) is 86.6 Å². The van der Waals surface area contributed by atoms with E-state index in [4.69, 9.17) is 11.6 Å². The Hall–Kier alpha value is -2.00. The first kappa shape index (κ1) is 23.2. The van der Waals surface area contributed by atoms with Crippen LogP contribution in [0, 0.1) is 0 Å². The fourth-order valence-electron chi connectivity index (χ4n) is 3.77. The number of allylic oxidation sites excluding steroid dienone is 1. The maximum atomic E-state index is 13.6. The van der Waals surface area contributed by atoms with Crippen molar-refractivity contribution in [2.75, 3.05) is 13.1 Å². The van der Waals surface area contributed by atoms with Crippen LogP contribution in [0.15, 0.2) is 61.2 Å². The molecule has 3 aromatic rings. The lowest BCUT2D eigenvalue weighted by Gasteiger charge is -2.29. The van der Waals surface area contributed by atoms with Gasteiger partial charge in [-0.15, -0.1) is 11.3 Å². The van der Waals surface area contributed by atoms with E-state index in [2.05, 4.69) is 20.9 Å². The smallest absolute Gasteiger partial charge is 0.271 e. The monoisotopic (exact) mass is 549 g/mol. The molecule has 0 saturated heterocycles. The summed E-state index contributed by atoms with van der Waals surface area (Å²) in [6.45, 7) is 6.90. The van der Waals surface area contributed by atoms with Gasteiger partial charge in [0.25, 0.3) is 11.5 Å². The van der Waals surface area contributed by atoms with Gasteiger partial charge in [0.1, 0.15) is 0 Å². The Morgan fingerprint density at radius 1 is 1.19 bits per heavy atom. The van der Waals surface area contributed by atoms with Crippen molar-refractivity contribution < 1.29 is 4.79 Å². The minimum atomic E-state index is -0.561. The van der Waals surface area contributed by atoms with Crippen molar-refractivity contribution in [3.8, 4) is 0 Å². The molecule has 1 atom stereocenters. The van der Waals surface area contributed by atoms with E-state index in [9.17, 15) is 9.59 Å².